The molecule has 2 aromatic rings. The molecule has 134 valence electrons. The molecular formula is C14H12ClF3N4O3. The Balaban J connectivity index is 1.98. The summed E-state index contributed by atoms with van der Waals surface area (Å²) in [4.78, 5) is 24.8. The van der Waals surface area contributed by atoms with Crippen LogP contribution < -0.4 is 20.5 Å². The first-order chi connectivity index (χ1) is 11.7. The lowest BCUT2D eigenvalue weighted by atomic mass is 10.3. The van der Waals surface area contributed by atoms with Gasteiger partial charge in [-0.15, -0.1) is 13.2 Å². The maximum absolute atomic E-state index is 12.1. The minimum atomic E-state index is -4.78. The van der Waals surface area contributed by atoms with E-state index >= 15 is 0 Å². The number of carbonyl (C=O) groups excluding carboxylic acids is 1. The van der Waals surface area contributed by atoms with E-state index < -0.39 is 23.6 Å². The molecular weight excluding hydrogens is 365 g/mol. The number of alkyl halides is 3. The second kappa shape index (κ2) is 7.43. The molecule has 2 N–H and O–H groups in total. The summed E-state index contributed by atoms with van der Waals surface area (Å²) in [7, 11) is 1.53. The van der Waals surface area contributed by atoms with Crippen molar-refractivity contribution in [3.05, 3.63) is 45.8 Å². The monoisotopic (exact) mass is 376 g/mol. The van der Waals surface area contributed by atoms with Gasteiger partial charge >= 0.3 is 6.36 Å². The fraction of sp³-hybridized carbons (Fsp3) is 0.214. The number of anilines is 2. The van der Waals surface area contributed by atoms with Crippen molar-refractivity contribution in [3.8, 4) is 5.75 Å². The summed E-state index contributed by atoms with van der Waals surface area (Å²) in [6, 6.07) is 4.68. The van der Waals surface area contributed by atoms with Gasteiger partial charge in [0.2, 0.25) is 5.91 Å². The van der Waals surface area contributed by atoms with E-state index in [2.05, 4.69) is 20.3 Å². The molecule has 0 saturated heterocycles. The summed E-state index contributed by atoms with van der Waals surface area (Å²) in [6.45, 7) is -0.161. The third kappa shape index (κ3) is 5.38. The minimum absolute atomic E-state index is 0.112. The summed E-state index contributed by atoms with van der Waals surface area (Å²) >= 11 is 5.84. The maximum Gasteiger partial charge on any atom is 0.573 e. The van der Waals surface area contributed by atoms with E-state index in [0.29, 0.717) is 0 Å². The zero-order chi connectivity index (χ0) is 18.6. The Morgan fingerprint density at radius 1 is 1.36 bits per heavy atom. The lowest BCUT2D eigenvalue weighted by molar-refractivity contribution is -0.274. The van der Waals surface area contributed by atoms with E-state index in [4.69, 9.17) is 11.6 Å². The Labute approximate surface area is 144 Å². The second-order valence-corrected chi connectivity index (χ2v) is 5.25. The number of carbonyl (C=O) groups is 1. The first-order valence-electron chi connectivity index (χ1n) is 6.75. The van der Waals surface area contributed by atoms with E-state index in [0.717, 1.165) is 12.1 Å². The number of H-pyrrole nitrogens is 1. The Hall–Kier alpha value is -2.75. The van der Waals surface area contributed by atoms with E-state index in [9.17, 15) is 22.8 Å². The summed E-state index contributed by atoms with van der Waals surface area (Å²) in [6.07, 6.45) is -3.49. The summed E-state index contributed by atoms with van der Waals surface area (Å²) in [5.41, 5.74) is -0.0516. The number of rotatable bonds is 5. The van der Waals surface area contributed by atoms with Crippen molar-refractivity contribution in [2.75, 3.05) is 23.8 Å². The van der Waals surface area contributed by atoms with E-state index in [1.807, 2.05) is 0 Å². The van der Waals surface area contributed by atoms with Gasteiger partial charge in [0.05, 0.1) is 18.4 Å². The van der Waals surface area contributed by atoms with Crippen LogP contribution in [0.1, 0.15) is 0 Å². The maximum atomic E-state index is 12.1. The van der Waals surface area contributed by atoms with Crippen LogP contribution in [-0.2, 0) is 4.79 Å². The molecule has 7 nitrogen and oxygen atoms in total. The molecule has 0 aliphatic carbocycles. The van der Waals surface area contributed by atoms with Crippen molar-refractivity contribution in [1.82, 2.24) is 10.2 Å². The van der Waals surface area contributed by atoms with Crippen LogP contribution in [0.3, 0.4) is 0 Å². The molecule has 25 heavy (non-hydrogen) atoms. The number of hydrogen-bond donors (Lipinski definition) is 2. The Kier molecular flexibility index (Phi) is 5.52. The number of hydrogen-bond acceptors (Lipinski definition) is 5. The zero-order valence-electron chi connectivity index (χ0n) is 12.7. The molecule has 0 aliphatic heterocycles. The van der Waals surface area contributed by atoms with Crippen LogP contribution in [0.25, 0.3) is 0 Å². The highest BCUT2D eigenvalue weighted by atomic mass is 35.5. The number of aromatic nitrogens is 2. The number of likely N-dealkylation sites (N-methyl/N-ethyl adjacent to an activating group) is 1. The van der Waals surface area contributed by atoms with Gasteiger partial charge in [-0.25, -0.2) is 5.10 Å². The van der Waals surface area contributed by atoms with Crippen molar-refractivity contribution in [2.24, 2.45) is 0 Å². The molecule has 0 radical (unpaired) electrons. The number of nitrogens with zero attached hydrogens (tertiary/aromatic N) is 2. The third-order valence-electron chi connectivity index (χ3n) is 2.94. The molecule has 0 atom stereocenters. The van der Waals surface area contributed by atoms with E-state index in [1.54, 1.807) is 0 Å². The van der Waals surface area contributed by atoms with Gasteiger partial charge in [0.1, 0.15) is 10.8 Å². The van der Waals surface area contributed by atoms with Crippen LogP contribution in [0.5, 0.6) is 5.75 Å². The van der Waals surface area contributed by atoms with Crippen molar-refractivity contribution < 1.29 is 22.7 Å². The minimum Gasteiger partial charge on any atom is -0.406 e. The second-order valence-electron chi connectivity index (χ2n) is 4.87. The van der Waals surface area contributed by atoms with Crippen LogP contribution in [0.4, 0.5) is 24.5 Å². The standard InChI is InChI=1S/C14H12ClF3N4O3/c1-22(10-6-19-21-13(24)12(10)15)7-11(23)20-8-2-4-9(5-3-8)25-14(16,17)18/h2-6H,7H2,1H3,(H,20,23)(H,21,24). The van der Waals surface area contributed by atoms with Gasteiger partial charge in [0.25, 0.3) is 5.56 Å². The van der Waals surface area contributed by atoms with Crippen LogP contribution >= 0.6 is 11.6 Å². The van der Waals surface area contributed by atoms with Gasteiger partial charge in [0.15, 0.2) is 0 Å². The van der Waals surface area contributed by atoms with Crippen LogP contribution in [0, 0.1) is 0 Å². The van der Waals surface area contributed by atoms with Gasteiger partial charge < -0.3 is 15.0 Å². The third-order valence-corrected chi connectivity index (χ3v) is 3.31. The van der Waals surface area contributed by atoms with E-state index in [1.165, 1.54) is 30.3 Å². The SMILES string of the molecule is CN(CC(=O)Nc1ccc(OC(F)(F)F)cc1)c1cn[nH]c(=O)c1Cl. The number of amides is 1. The van der Waals surface area contributed by atoms with Crippen LogP contribution in [0.15, 0.2) is 35.3 Å². The van der Waals surface area contributed by atoms with Crippen molar-refractivity contribution in [2.45, 2.75) is 6.36 Å². The Morgan fingerprint density at radius 3 is 2.60 bits per heavy atom. The normalized spacial score (nSPS) is 11.1. The first kappa shape index (κ1) is 18.6. The number of benzene rings is 1. The molecule has 0 aliphatic rings. The molecule has 0 fully saturated rings. The first-order valence-corrected chi connectivity index (χ1v) is 7.13. The zero-order valence-corrected chi connectivity index (χ0v) is 13.5. The molecule has 1 aromatic carbocycles. The van der Waals surface area contributed by atoms with Gasteiger partial charge in [-0.05, 0) is 24.3 Å². The molecule has 1 amide bonds. The number of nitrogens with one attached hydrogen (secondary N) is 2. The topological polar surface area (TPSA) is 87.3 Å². The van der Waals surface area contributed by atoms with Gasteiger partial charge in [-0.1, -0.05) is 11.6 Å². The number of ether oxygens (including phenoxy) is 1. The lowest BCUT2D eigenvalue weighted by Gasteiger charge is -2.19. The quantitative estimate of drug-likeness (QED) is 0.836. The summed E-state index contributed by atoms with van der Waals surface area (Å²) < 4.78 is 40.0. The molecule has 0 spiro atoms. The molecule has 0 unspecified atom stereocenters. The predicted octanol–water partition coefficient (Wildman–Crippen LogP) is 2.40. The highest BCUT2D eigenvalue weighted by Crippen LogP contribution is 2.24. The fourth-order valence-electron chi connectivity index (χ4n) is 1.88. The molecule has 0 bridgehead atoms. The van der Waals surface area contributed by atoms with E-state index in [-0.39, 0.29) is 22.9 Å². The van der Waals surface area contributed by atoms with Crippen molar-refractivity contribution in [3.63, 3.8) is 0 Å². The molecule has 0 saturated carbocycles. The highest BCUT2D eigenvalue weighted by Gasteiger charge is 2.30. The average molecular weight is 377 g/mol. The van der Waals surface area contributed by atoms with Gasteiger partial charge in [-0.3, -0.25) is 9.59 Å². The molecule has 1 aromatic heterocycles. The highest BCUT2D eigenvalue weighted by molar-refractivity contribution is 6.33. The largest absolute Gasteiger partial charge is 0.573 e. The summed E-state index contributed by atoms with van der Waals surface area (Å²) in [5.74, 6) is -0.868. The number of halogens is 4. The van der Waals surface area contributed by atoms with Gasteiger partial charge in [-0.2, -0.15) is 5.10 Å². The average Bonchev–Trinajstić information content (AvgIpc) is 2.50. The number of aromatic amines is 1. The smallest absolute Gasteiger partial charge is 0.406 e. The fourth-order valence-corrected chi connectivity index (χ4v) is 2.12. The molecule has 1 heterocycles. The summed E-state index contributed by atoms with van der Waals surface area (Å²) in [5, 5.41) is 8.14. The van der Waals surface area contributed by atoms with Gasteiger partial charge in [0, 0.05) is 12.7 Å². The van der Waals surface area contributed by atoms with Crippen molar-refractivity contribution in [1.29, 1.82) is 0 Å². The van der Waals surface area contributed by atoms with Crippen LogP contribution in [0.2, 0.25) is 5.02 Å². The van der Waals surface area contributed by atoms with Crippen LogP contribution in [-0.4, -0.2) is 36.1 Å². The lowest BCUT2D eigenvalue weighted by Crippen LogP contribution is -2.31. The Morgan fingerprint density at radius 2 is 2.00 bits per heavy atom. The Bertz CT molecular complexity index is 808. The molecule has 2 rings (SSSR count). The predicted molar refractivity (Wildman–Crippen MR) is 84.9 cm³/mol. The molecule has 11 heteroatoms. The van der Waals surface area contributed by atoms with Crippen molar-refractivity contribution >= 4 is 28.9 Å².